The number of hydrogen-bond donors (Lipinski definition) is 1. The van der Waals surface area contributed by atoms with Gasteiger partial charge in [-0.25, -0.2) is 9.78 Å². The van der Waals surface area contributed by atoms with Crippen molar-refractivity contribution in [2.24, 2.45) is 11.8 Å². The van der Waals surface area contributed by atoms with Gasteiger partial charge in [0.05, 0.1) is 6.10 Å². The SMILES string of the molecule is CC[C@H](O)[C@H](C)[C@@H](OC(=O)c1ccccn1)C(C)C. The zero-order valence-corrected chi connectivity index (χ0v) is 12.0. The van der Waals surface area contributed by atoms with Gasteiger partial charge in [-0.2, -0.15) is 0 Å². The molecule has 1 heterocycles. The van der Waals surface area contributed by atoms with Crippen molar-refractivity contribution in [1.29, 1.82) is 0 Å². The highest BCUT2D eigenvalue weighted by atomic mass is 16.5. The van der Waals surface area contributed by atoms with Crippen LogP contribution in [0.25, 0.3) is 0 Å². The van der Waals surface area contributed by atoms with E-state index in [4.69, 9.17) is 4.74 Å². The predicted molar refractivity (Wildman–Crippen MR) is 73.7 cm³/mol. The first-order valence-electron chi connectivity index (χ1n) is 6.77. The van der Waals surface area contributed by atoms with Gasteiger partial charge >= 0.3 is 5.97 Å². The third kappa shape index (κ3) is 4.31. The van der Waals surface area contributed by atoms with Gasteiger partial charge in [-0.05, 0) is 24.5 Å². The molecule has 0 aliphatic rings. The summed E-state index contributed by atoms with van der Waals surface area (Å²) < 4.78 is 5.52. The Hall–Kier alpha value is -1.42. The highest BCUT2D eigenvalue weighted by molar-refractivity contribution is 5.87. The van der Waals surface area contributed by atoms with Crippen LogP contribution in [0.5, 0.6) is 0 Å². The standard InChI is InChI=1S/C15H23NO3/c1-5-13(17)11(4)14(10(2)3)19-15(18)12-8-6-7-9-16-12/h6-11,13-14,17H,5H2,1-4H3/t11-,13-,14-/m0/s1. The summed E-state index contributed by atoms with van der Waals surface area (Å²) in [5.41, 5.74) is 0.298. The summed E-state index contributed by atoms with van der Waals surface area (Å²) >= 11 is 0. The van der Waals surface area contributed by atoms with E-state index < -0.39 is 12.1 Å². The van der Waals surface area contributed by atoms with Crippen LogP contribution in [-0.4, -0.2) is 28.3 Å². The molecule has 0 unspecified atom stereocenters. The van der Waals surface area contributed by atoms with Crippen molar-refractivity contribution in [2.45, 2.75) is 46.3 Å². The number of carbonyl (C=O) groups is 1. The first-order valence-corrected chi connectivity index (χ1v) is 6.77. The van der Waals surface area contributed by atoms with Crippen molar-refractivity contribution in [3.8, 4) is 0 Å². The molecule has 1 rings (SSSR count). The van der Waals surface area contributed by atoms with Crippen molar-refractivity contribution >= 4 is 5.97 Å². The van der Waals surface area contributed by atoms with Gasteiger partial charge in [-0.15, -0.1) is 0 Å². The molecular weight excluding hydrogens is 242 g/mol. The molecule has 0 radical (unpaired) electrons. The molecule has 0 aliphatic carbocycles. The molecule has 19 heavy (non-hydrogen) atoms. The lowest BCUT2D eigenvalue weighted by Crippen LogP contribution is -2.36. The quantitative estimate of drug-likeness (QED) is 0.803. The van der Waals surface area contributed by atoms with Gasteiger partial charge in [0.1, 0.15) is 11.8 Å². The van der Waals surface area contributed by atoms with Gasteiger partial charge < -0.3 is 9.84 Å². The number of aromatic nitrogens is 1. The second kappa shape index (κ2) is 7.24. The van der Waals surface area contributed by atoms with E-state index in [0.29, 0.717) is 12.1 Å². The molecule has 0 aliphatic heterocycles. The van der Waals surface area contributed by atoms with Crippen LogP contribution in [0.2, 0.25) is 0 Å². The fourth-order valence-corrected chi connectivity index (χ4v) is 2.11. The number of esters is 1. The summed E-state index contributed by atoms with van der Waals surface area (Å²) in [4.78, 5) is 16.0. The minimum absolute atomic E-state index is 0.0994. The number of hydrogen-bond acceptors (Lipinski definition) is 4. The molecule has 0 spiro atoms. The molecule has 0 saturated heterocycles. The van der Waals surface area contributed by atoms with Crippen molar-refractivity contribution in [1.82, 2.24) is 4.98 Å². The summed E-state index contributed by atoms with van der Waals surface area (Å²) in [5, 5.41) is 9.92. The van der Waals surface area contributed by atoms with E-state index in [0.717, 1.165) is 0 Å². The van der Waals surface area contributed by atoms with E-state index in [1.165, 1.54) is 0 Å². The number of pyridine rings is 1. The molecule has 0 fully saturated rings. The Morgan fingerprint density at radius 1 is 1.37 bits per heavy atom. The molecule has 4 nitrogen and oxygen atoms in total. The fourth-order valence-electron chi connectivity index (χ4n) is 2.11. The summed E-state index contributed by atoms with van der Waals surface area (Å²) in [6.07, 6.45) is 1.42. The normalized spacial score (nSPS) is 15.9. The van der Waals surface area contributed by atoms with E-state index in [2.05, 4.69) is 4.98 Å². The third-order valence-corrected chi connectivity index (χ3v) is 3.32. The first-order chi connectivity index (χ1) is 8.97. The van der Waals surface area contributed by atoms with Crippen LogP contribution in [0.1, 0.15) is 44.6 Å². The highest BCUT2D eigenvalue weighted by Gasteiger charge is 2.29. The Labute approximate surface area is 114 Å². The van der Waals surface area contributed by atoms with Crippen molar-refractivity contribution < 1.29 is 14.6 Å². The summed E-state index contributed by atoms with van der Waals surface area (Å²) in [6.45, 7) is 7.79. The minimum Gasteiger partial charge on any atom is -0.457 e. The number of nitrogens with zero attached hydrogens (tertiary/aromatic N) is 1. The summed E-state index contributed by atoms with van der Waals surface area (Å²) in [7, 11) is 0. The van der Waals surface area contributed by atoms with Gasteiger partial charge in [0, 0.05) is 12.1 Å². The van der Waals surface area contributed by atoms with Gasteiger partial charge in [0.2, 0.25) is 0 Å². The van der Waals surface area contributed by atoms with Crippen molar-refractivity contribution in [3.05, 3.63) is 30.1 Å². The molecule has 0 aromatic carbocycles. The Kier molecular flexibility index (Phi) is 5.96. The number of ether oxygens (including phenoxy) is 1. The zero-order chi connectivity index (χ0) is 14.4. The van der Waals surface area contributed by atoms with E-state index in [1.54, 1.807) is 24.4 Å². The third-order valence-electron chi connectivity index (χ3n) is 3.32. The second-order valence-corrected chi connectivity index (χ2v) is 5.16. The second-order valence-electron chi connectivity index (χ2n) is 5.16. The van der Waals surface area contributed by atoms with Crippen LogP contribution in [0.4, 0.5) is 0 Å². The largest absolute Gasteiger partial charge is 0.457 e. The minimum atomic E-state index is -0.469. The van der Waals surface area contributed by atoms with Gasteiger partial charge in [0.15, 0.2) is 0 Å². The Morgan fingerprint density at radius 2 is 2.05 bits per heavy atom. The predicted octanol–water partition coefficient (Wildman–Crippen LogP) is 2.67. The van der Waals surface area contributed by atoms with Crippen LogP contribution in [0, 0.1) is 11.8 Å². The van der Waals surface area contributed by atoms with E-state index in [-0.39, 0.29) is 17.9 Å². The molecule has 4 heteroatoms. The number of aliphatic hydroxyl groups is 1. The zero-order valence-electron chi connectivity index (χ0n) is 12.0. The molecule has 1 aromatic heterocycles. The maximum absolute atomic E-state index is 12.0. The first kappa shape index (κ1) is 15.6. The number of rotatable bonds is 6. The number of aliphatic hydroxyl groups excluding tert-OH is 1. The molecule has 0 bridgehead atoms. The smallest absolute Gasteiger partial charge is 0.357 e. The van der Waals surface area contributed by atoms with Gasteiger partial charge in [-0.3, -0.25) is 0 Å². The molecule has 1 N–H and O–H groups in total. The Bertz CT molecular complexity index is 392. The number of carbonyl (C=O) groups excluding carboxylic acids is 1. The fraction of sp³-hybridized carbons (Fsp3) is 0.600. The van der Waals surface area contributed by atoms with Crippen LogP contribution >= 0.6 is 0 Å². The highest BCUT2D eigenvalue weighted by Crippen LogP contribution is 2.22. The van der Waals surface area contributed by atoms with E-state index in [1.807, 2.05) is 27.7 Å². The molecule has 0 amide bonds. The van der Waals surface area contributed by atoms with Crippen LogP contribution < -0.4 is 0 Å². The van der Waals surface area contributed by atoms with Crippen molar-refractivity contribution in [2.75, 3.05) is 0 Å². The topological polar surface area (TPSA) is 59.4 Å². The van der Waals surface area contributed by atoms with E-state index >= 15 is 0 Å². The lowest BCUT2D eigenvalue weighted by Gasteiger charge is -2.30. The monoisotopic (exact) mass is 265 g/mol. The summed E-state index contributed by atoms with van der Waals surface area (Å²) in [5.74, 6) is -0.393. The lowest BCUT2D eigenvalue weighted by atomic mass is 9.89. The average molecular weight is 265 g/mol. The molecular formula is C15H23NO3. The Balaban J connectivity index is 2.77. The molecule has 106 valence electrons. The molecule has 0 saturated carbocycles. The average Bonchev–Trinajstić information content (AvgIpc) is 2.43. The van der Waals surface area contributed by atoms with Crippen LogP contribution in [0.3, 0.4) is 0 Å². The summed E-state index contributed by atoms with van der Waals surface area (Å²) in [6, 6.07) is 5.12. The Morgan fingerprint density at radius 3 is 2.53 bits per heavy atom. The van der Waals surface area contributed by atoms with Crippen LogP contribution in [-0.2, 0) is 4.74 Å². The molecule has 1 aromatic rings. The molecule has 3 atom stereocenters. The van der Waals surface area contributed by atoms with Crippen LogP contribution in [0.15, 0.2) is 24.4 Å². The van der Waals surface area contributed by atoms with Gasteiger partial charge in [0.25, 0.3) is 0 Å². The van der Waals surface area contributed by atoms with E-state index in [9.17, 15) is 9.90 Å². The van der Waals surface area contributed by atoms with Crippen molar-refractivity contribution in [3.63, 3.8) is 0 Å². The van der Waals surface area contributed by atoms with Gasteiger partial charge in [-0.1, -0.05) is 33.8 Å². The maximum Gasteiger partial charge on any atom is 0.357 e. The maximum atomic E-state index is 12.0. The lowest BCUT2D eigenvalue weighted by molar-refractivity contribution is -0.0320.